The van der Waals surface area contributed by atoms with Gasteiger partial charge in [0.2, 0.25) is 10.0 Å². The Hall–Kier alpha value is -2.44. The number of hydrogen-bond donors (Lipinski definition) is 1. The van der Waals surface area contributed by atoms with Gasteiger partial charge in [-0.3, -0.25) is 4.79 Å². The number of carbonyl (C=O) groups excluding carboxylic acids is 1. The fraction of sp³-hybridized carbons (Fsp3) is 0.167. The monoisotopic (exact) mass is 345 g/mol. The Balaban J connectivity index is 2.10. The summed E-state index contributed by atoms with van der Waals surface area (Å²) in [4.78, 5) is 12.3. The molecule has 0 aliphatic carbocycles. The summed E-state index contributed by atoms with van der Waals surface area (Å²) < 4.78 is 31.2. The highest BCUT2D eigenvalue weighted by molar-refractivity contribution is 7.89. The maximum Gasteiger partial charge on any atom is 0.240 e. The molecule has 2 rings (SSSR count). The molecule has 6 heteroatoms. The maximum absolute atomic E-state index is 12.2. The number of benzene rings is 2. The van der Waals surface area contributed by atoms with Crippen LogP contribution >= 0.6 is 0 Å². The zero-order valence-electron chi connectivity index (χ0n) is 13.5. The Morgan fingerprint density at radius 2 is 1.71 bits per heavy atom. The Labute approximate surface area is 142 Å². The molecule has 5 nitrogen and oxygen atoms in total. The van der Waals surface area contributed by atoms with Crippen LogP contribution in [0, 0.1) is 0 Å². The summed E-state index contributed by atoms with van der Waals surface area (Å²) in [5.41, 5.74) is 1.30. The number of rotatable bonds is 7. The summed E-state index contributed by atoms with van der Waals surface area (Å²) in [6.45, 7) is 2.02. The minimum atomic E-state index is -3.51. The van der Waals surface area contributed by atoms with Gasteiger partial charge in [-0.05, 0) is 48.0 Å². The van der Waals surface area contributed by atoms with E-state index in [1.54, 1.807) is 20.1 Å². The van der Waals surface area contributed by atoms with E-state index < -0.39 is 10.0 Å². The molecule has 0 saturated carbocycles. The van der Waals surface area contributed by atoms with Gasteiger partial charge in [-0.25, -0.2) is 13.1 Å². The molecule has 0 aliphatic heterocycles. The fourth-order valence-electron chi connectivity index (χ4n) is 2.05. The molecule has 0 atom stereocenters. The summed E-state index contributed by atoms with van der Waals surface area (Å²) >= 11 is 0. The molecule has 0 fully saturated rings. The van der Waals surface area contributed by atoms with Crippen molar-refractivity contribution in [1.29, 1.82) is 0 Å². The smallest absolute Gasteiger partial charge is 0.240 e. The SMILES string of the molecule is CCNS(=O)(=O)c1ccc(C(=O)/C=C/c2ccc(OC)cc2)cc1. The third kappa shape index (κ3) is 4.53. The van der Waals surface area contributed by atoms with Crippen molar-refractivity contribution in [3.05, 3.63) is 65.7 Å². The largest absolute Gasteiger partial charge is 0.497 e. The van der Waals surface area contributed by atoms with Crippen LogP contribution in [0.2, 0.25) is 0 Å². The Morgan fingerprint density at radius 1 is 1.08 bits per heavy atom. The van der Waals surface area contributed by atoms with E-state index in [2.05, 4.69) is 4.72 Å². The van der Waals surface area contributed by atoms with Gasteiger partial charge in [-0.1, -0.05) is 25.1 Å². The van der Waals surface area contributed by atoms with Crippen molar-refractivity contribution < 1.29 is 17.9 Å². The lowest BCUT2D eigenvalue weighted by molar-refractivity contribution is 0.104. The van der Waals surface area contributed by atoms with Crippen molar-refractivity contribution in [2.75, 3.05) is 13.7 Å². The van der Waals surface area contributed by atoms with Crippen LogP contribution in [0.4, 0.5) is 0 Å². The van der Waals surface area contributed by atoms with Gasteiger partial charge in [0, 0.05) is 12.1 Å². The number of ether oxygens (including phenoxy) is 1. The zero-order chi connectivity index (χ0) is 17.6. The molecular formula is C18H19NO4S. The van der Waals surface area contributed by atoms with Crippen LogP contribution in [0.15, 0.2) is 59.5 Å². The molecule has 126 valence electrons. The third-order valence-corrected chi connectivity index (χ3v) is 4.89. The Bertz CT molecular complexity index is 822. The lowest BCUT2D eigenvalue weighted by Gasteiger charge is -2.04. The van der Waals surface area contributed by atoms with Gasteiger partial charge in [0.25, 0.3) is 0 Å². The molecule has 0 heterocycles. The van der Waals surface area contributed by atoms with Crippen LogP contribution in [0.5, 0.6) is 5.75 Å². The van der Waals surface area contributed by atoms with Gasteiger partial charge < -0.3 is 4.74 Å². The first-order valence-electron chi connectivity index (χ1n) is 7.42. The quantitative estimate of drug-likeness (QED) is 0.619. The molecule has 0 radical (unpaired) electrons. The van der Waals surface area contributed by atoms with Crippen LogP contribution in [-0.2, 0) is 10.0 Å². The standard InChI is InChI=1S/C18H19NO4S/c1-3-19-24(21,22)17-11-7-15(8-12-17)18(20)13-6-14-4-9-16(23-2)10-5-14/h4-13,19H,3H2,1-2H3/b13-6+. The van der Waals surface area contributed by atoms with Crippen LogP contribution in [0.3, 0.4) is 0 Å². The van der Waals surface area contributed by atoms with E-state index >= 15 is 0 Å². The van der Waals surface area contributed by atoms with Crippen molar-refractivity contribution >= 4 is 21.9 Å². The van der Waals surface area contributed by atoms with Gasteiger partial charge in [-0.15, -0.1) is 0 Å². The summed E-state index contributed by atoms with van der Waals surface area (Å²) in [6, 6.07) is 13.2. The topological polar surface area (TPSA) is 72.5 Å². The number of nitrogens with one attached hydrogen (secondary N) is 1. The van der Waals surface area contributed by atoms with E-state index in [-0.39, 0.29) is 10.7 Å². The van der Waals surface area contributed by atoms with Crippen molar-refractivity contribution in [1.82, 2.24) is 4.72 Å². The molecule has 2 aromatic rings. The van der Waals surface area contributed by atoms with E-state index in [1.165, 1.54) is 30.3 Å². The van der Waals surface area contributed by atoms with Crippen LogP contribution in [-0.4, -0.2) is 27.9 Å². The lowest BCUT2D eigenvalue weighted by Crippen LogP contribution is -2.23. The molecule has 1 N–H and O–H groups in total. The van der Waals surface area contributed by atoms with E-state index in [0.29, 0.717) is 12.1 Å². The van der Waals surface area contributed by atoms with E-state index in [0.717, 1.165) is 11.3 Å². The molecule has 0 aliphatic rings. The zero-order valence-corrected chi connectivity index (χ0v) is 14.3. The molecule has 24 heavy (non-hydrogen) atoms. The fourth-order valence-corrected chi connectivity index (χ4v) is 3.10. The molecule has 0 amide bonds. The second kappa shape index (κ2) is 7.90. The van der Waals surface area contributed by atoms with E-state index in [9.17, 15) is 13.2 Å². The summed E-state index contributed by atoms with van der Waals surface area (Å²) in [7, 11) is -1.91. The molecule has 0 saturated heterocycles. The molecule has 0 spiro atoms. The minimum absolute atomic E-state index is 0.139. The second-order valence-electron chi connectivity index (χ2n) is 5.00. The van der Waals surface area contributed by atoms with Crippen molar-refractivity contribution in [2.45, 2.75) is 11.8 Å². The average Bonchev–Trinajstić information content (AvgIpc) is 2.60. The van der Waals surface area contributed by atoms with Gasteiger partial charge >= 0.3 is 0 Å². The van der Waals surface area contributed by atoms with Crippen molar-refractivity contribution in [2.24, 2.45) is 0 Å². The van der Waals surface area contributed by atoms with Gasteiger partial charge in [0.05, 0.1) is 12.0 Å². The number of carbonyl (C=O) groups is 1. The Kier molecular flexibility index (Phi) is 5.89. The van der Waals surface area contributed by atoms with Gasteiger partial charge in [0.1, 0.15) is 5.75 Å². The van der Waals surface area contributed by atoms with E-state index in [4.69, 9.17) is 4.74 Å². The Morgan fingerprint density at radius 3 is 2.25 bits per heavy atom. The number of sulfonamides is 1. The normalized spacial score (nSPS) is 11.6. The number of hydrogen-bond acceptors (Lipinski definition) is 4. The molecule has 2 aromatic carbocycles. The van der Waals surface area contributed by atoms with Crippen molar-refractivity contribution in [3.63, 3.8) is 0 Å². The van der Waals surface area contributed by atoms with Crippen LogP contribution in [0.1, 0.15) is 22.8 Å². The highest BCUT2D eigenvalue weighted by Crippen LogP contribution is 2.14. The van der Waals surface area contributed by atoms with Crippen LogP contribution in [0.25, 0.3) is 6.08 Å². The average molecular weight is 345 g/mol. The van der Waals surface area contributed by atoms with Gasteiger partial charge in [0.15, 0.2) is 5.78 Å². The maximum atomic E-state index is 12.2. The first-order valence-corrected chi connectivity index (χ1v) is 8.91. The lowest BCUT2D eigenvalue weighted by atomic mass is 10.1. The first kappa shape index (κ1) is 17.9. The molecular weight excluding hydrogens is 326 g/mol. The number of ketones is 1. The predicted molar refractivity (Wildman–Crippen MR) is 93.7 cm³/mol. The highest BCUT2D eigenvalue weighted by atomic mass is 32.2. The second-order valence-corrected chi connectivity index (χ2v) is 6.76. The highest BCUT2D eigenvalue weighted by Gasteiger charge is 2.12. The number of methoxy groups -OCH3 is 1. The predicted octanol–water partition coefficient (Wildman–Crippen LogP) is 2.89. The summed E-state index contributed by atoms with van der Waals surface area (Å²) in [5.74, 6) is 0.550. The van der Waals surface area contributed by atoms with Crippen LogP contribution < -0.4 is 9.46 Å². The molecule has 0 aromatic heterocycles. The minimum Gasteiger partial charge on any atom is -0.497 e. The van der Waals surface area contributed by atoms with Gasteiger partial charge in [-0.2, -0.15) is 0 Å². The molecule has 0 unspecified atom stereocenters. The van der Waals surface area contributed by atoms with Crippen molar-refractivity contribution in [3.8, 4) is 5.75 Å². The summed E-state index contributed by atoms with van der Waals surface area (Å²) in [6.07, 6.45) is 3.15. The first-order chi connectivity index (χ1) is 11.5. The number of allylic oxidation sites excluding steroid dienone is 1. The molecule has 0 bridgehead atoms. The van der Waals surface area contributed by atoms with E-state index in [1.807, 2.05) is 24.3 Å². The third-order valence-electron chi connectivity index (χ3n) is 3.33. The summed E-state index contributed by atoms with van der Waals surface area (Å²) in [5, 5.41) is 0.